The summed E-state index contributed by atoms with van der Waals surface area (Å²) >= 11 is 0. The maximum absolute atomic E-state index is 12.4. The Kier molecular flexibility index (Phi) is 6.86. The molecule has 0 bridgehead atoms. The van der Waals surface area contributed by atoms with Crippen molar-refractivity contribution in [3.8, 4) is 0 Å². The highest BCUT2D eigenvalue weighted by Crippen LogP contribution is 2.17. The number of amides is 1. The lowest BCUT2D eigenvalue weighted by Gasteiger charge is -2.21. The molecule has 0 aliphatic carbocycles. The second-order valence-electron chi connectivity index (χ2n) is 5.97. The number of hydrogen-bond donors (Lipinski definition) is 1. The minimum atomic E-state index is -0.0672. The second kappa shape index (κ2) is 9.11. The predicted octanol–water partition coefficient (Wildman–Crippen LogP) is 5.13. The third-order valence-corrected chi connectivity index (χ3v) is 4.29. The average Bonchev–Trinajstić information content (AvgIpc) is 2.62. The molecule has 1 amide bonds. The molecule has 2 aromatic rings. The molecule has 128 valence electrons. The molecular weight excluding hydrogens is 296 g/mol. The van der Waals surface area contributed by atoms with Gasteiger partial charge in [-0.25, -0.2) is 0 Å². The van der Waals surface area contributed by atoms with E-state index in [1.54, 1.807) is 0 Å². The Labute approximate surface area is 145 Å². The van der Waals surface area contributed by atoms with Gasteiger partial charge in [0.25, 0.3) is 5.91 Å². The van der Waals surface area contributed by atoms with Crippen molar-refractivity contribution in [3.63, 3.8) is 0 Å². The van der Waals surface area contributed by atoms with Crippen molar-refractivity contribution >= 4 is 17.3 Å². The van der Waals surface area contributed by atoms with Crippen molar-refractivity contribution in [1.29, 1.82) is 0 Å². The standard InChI is InChI=1S/C21H28N2O/c1-4-7-8-17-9-13-19(14-10-17)22-21(24)18-11-15-20(16-12-18)23(5-2)6-3/h9-16H,4-8H2,1-3H3,(H,22,24). The molecule has 0 saturated heterocycles. The summed E-state index contributed by atoms with van der Waals surface area (Å²) in [4.78, 5) is 14.6. The van der Waals surface area contributed by atoms with Crippen molar-refractivity contribution in [2.45, 2.75) is 40.0 Å². The highest BCUT2D eigenvalue weighted by atomic mass is 16.1. The van der Waals surface area contributed by atoms with Gasteiger partial charge in [-0.05, 0) is 68.7 Å². The van der Waals surface area contributed by atoms with Crippen molar-refractivity contribution in [2.24, 2.45) is 0 Å². The van der Waals surface area contributed by atoms with Gasteiger partial charge in [0.15, 0.2) is 0 Å². The van der Waals surface area contributed by atoms with Crippen molar-refractivity contribution < 1.29 is 4.79 Å². The fraction of sp³-hybridized carbons (Fsp3) is 0.381. The Morgan fingerprint density at radius 3 is 2.08 bits per heavy atom. The molecule has 3 heteroatoms. The van der Waals surface area contributed by atoms with Gasteiger partial charge in [0.05, 0.1) is 0 Å². The van der Waals surface area contributed by atoms with E-state index in [4.69, 9.17) is 0 Å². The van der Waals surface area contributed by atoms with Crippen LogP contribution in [0, 0.1) is 0 Å². The van der Waals surface area contributed by atoms with Gasteiger partial charge in [0, 0.05) is 30.0 Å². The zero-order valence-corrected chi connectivity index (χ0v) is 15.0. The number of nitrogens with one attached hydrogen (secondary N) is 1. The van der Waals surface area contributed by atoms with E-state index in [0.29, 0.717) is 5.56 Å². The largest absolute Gasteiger partial charge is 0.372 e. The normalized spacial score (nSPS) is 10.5. The molecule has 3 nitrogen and oxygen atoms in total. The summed E-state index contributed by atoms with van der Waals surface area (Å²) in [5.74, 6) is -0.0672. The molecule has 0 fully saturated rings. The number of aryl methyl sites for hydroxylation is 1. The highest BCUT2D eigenvalue weighted by molar-refractivity contribution is 6.04. The third kappa shape index (κ3) is 4.85. The van der Waals surface area contributed by atoms with Crippen LogP contribution in [0.25, 0.3) is 0 Å². The predicted molar refractivity (Wildman–Crippen MR) is 103 cm³/mol. The Morgan fingerprint density at radius 1 is 0.917 bits per heavy atom. The van der Waals surface area contributed by atoms with E-state index in [2.05, 4.69) is 43.1 Å². The van der Waals surface area contributed by atoms with Crippen LogP contribution < -0.4 is 10.2 Å². The van der Waals surface area contributed by atoms with Gasteiger partial charge in [-0.1, -0.05) is 25.5 Å². The Morgan fingerprint density at radius 2 is 1.54 bits per heavy atom. The number of carbonyl (C=O) groups is 1. The number of benzene rings is 2. The molecule has 1 N–H and O–H groups in total. The minimum absolute atomic E-state index is 0.0672. The van der Waals surface area contributed by atoms with Gasteiger partial charge in [-0.3, -0.25) is 4.79 Å². The van der Waals surface area contributed by atoms with Gasteiger partial charge < -0.3 is 10.2 Å². The van der Waals surface area contributed by atoms with Gasteiger partial charge in [-0.2, -0.15) is 0 Å². The Bertz CT molecular complexity index is 628. The molecule has 0 spiro atoms. The van der Waals surface area contributed by atoms with Crippen LogP contribution >= 0.6 is 0 Å². The monoisotopic (exact) mass is 324 g/mol. The number of nitrogens with zero attached hydrogens (tertiary/aromatic N) is 1. The molecule has 0 radical (unpaired) electrons. The van der Waals surface area contributed by atoms with E-state index >= 15 is 0 Å². The Balaban J connectivity index is 1.99. The molecular formula is C21H28N2O. The number of carbonyl (C=O) groups excluding carboxylic acids is 1. The highest BCUT2D eigenvalue weighted by Gasteiger charge is 2.08. The van der Waals surface area contributed by atoms with Crippen LogP contribution in [-0.2, 0) is 6.42 Å². The number of hydrogen-bond acceptors (Lipinski definition) is 2. The fourth-order valence-corrected chi connectivity index (χ4v) is 2.75. The van der Waals surface area contributed by atoms with Crippen molar-refractivity contribution in [3.05, 3.63) is 59.7 Å². The minimum Gasteiger partial charge on any atom is -0.372 e. The lowest BCUT2D eigenvalue weighted by molar-refractivity contribution is 0.102. The molecule has 0 unspecified atom stereocenters. The van der Waals surface area contributed by atoms with Crippen LogP contribution in [0.1, 0.15) is 49.5 Å². The van der Waals surface area contributed by atoms with Crippen LogP contribution in [0.3, 0.4) is 0 Å². The average molecular weight is 324 g/mol. The first-order chi connectivity index (χ1) is 11.7. The van der Waals surface area contributed by atoms with Gasteiger partial charge >= 0.3 is 0 Å². The SMILES string of the molecule is CCCCc1ccc(NC(=O)c2ccc(N(CC)CC)cc2)cc1. The molecule has 0 aliphatic rings. The maximum atomic E-state index is 12.4. The summed E-state index contributed by atoms with van der Waals surface area (Å²) in [5, 5.41) is 2.97. The van der Waals surface area contributed by atoms with Gasteiger partial charge in [0.1, 0.15) is 0 Å². The van der Waals surface area contributed by atoms with Crippen LogP contribution in [0.2, 0.25) is 0 Å². The van der Waals surface area contributed by atoms with Crippen LogP contribution in [-0.4, -0.2) is 19.0 Å². The second-order valence-corrected chi connectivity index (χ2v) is 5.97. The van der Waals surface area contributed by atoms with E-state index in [-0.39, 0.29) is 5.91 Å². The first-order valence-corrected chi connectivity index (χ1v) is 8.93. The smallest absolute Gasteiger partial charge is 0.255 e. The number of rotatable bonds is 8. The summed E-state index contributed by atoms with van der Waals surface area (Å²) in [6.07, 6.45) is 3.49. The first kappa shape index (κ1) is 18.1. The summed E-state index contributed by atoms with van der Waals surface area (Å²) in [6, 6.07) is 15.9. The first-order valence-electron chi connectivity index (χ1n) is 8.93. The maximum Gasteiger partial charge on any atom is 0.255 e. The summed E-state index contributed by atoms with van der Waals surface area (Å²) in [6.45, 7) is 8.39. The van der Waals surface area contributed by atoms with E-state index in [1.165, 1.54) is 18.4 Å². The van der Waals surface area contributed by atoms with E-state index < -0.39 is 0 Å². The summed E-state index contributed by atoms with van der Waals surface area (Å²) in [7, 11) is 0. The Hall–Kier alpha value is -2.29. The zero-order valence-electron chi connectivity index (χ0n) is 15.0. The van der Waals surface area contributed by atoms with Crippen LogP contribution in [0.5, 0.6) is 0 Å². The molecule has 2 aromatic carbocycles. The molecule has 0 aromatic heterocycles. The molecule has 0 saturated carbocycles. The number of unbranched alkanes of at least 4 members (excludes halogenated alkanes) is 1. The molecule has 2 rings (SSSR count). The van der Waals surface area contributed by atoms with E-state index in [1.807, 2.05) is 36.4 Å². The molecule has 24 heavy (non-hydrogen) atoms. The summed E-state index contributed by atoms with van der Waals surface area (Å²) in [5.41, 5.74) is 3.99. The molecule has 0 atom stereocenters. The number of anilines is 2. The van der Waals surface area contributed by atoms with Crippen LogP contribution in [0.15, 0.2) is 48.5 Å². The lowest BCUT2D eigenvalue weighted by atomic mass is 10.1. The van der Waals surface area contributed by atoms with E-state index in [9.17, 15) is 4.79 Å². The van der Waals surface area contributed by atoms with Gasteiger partial charge in [0.2, 0.25) is 0 Å². The zero-order chi connectivity index (χ0) is 17.4. The van der Waals surface area contributed by atoms with Crippen molar-refractivity contribution in [2.75, 3.05) is 23.3 Å². The van der Waals surface area contributed by atoms with Crippen molar-refractivity contribution in [1.82, 2.24) is 0 Å². The molecule has 0 aliphatic heterocycles. The van der Waals surface area contributed by atoms with Crippen LogP contribution in [0.4, 0.5) is 11.4 Å². The third-order valence-electron chi connectivity index (χ3n) is 4.29. The summed E-state index contributed by atoms with van der Waals surface area (Å²) < 4.78 is 0. The van der Waals surface area contributed by atoms with E-state index in [0.717, 1.165) is 30.9 Å². The fourth-order valence-electron chi connectivity index (χ4n) is 2.75. The topological polar surface area (TPSA) is 32.3 Å². The lowest BCUT2D eigenvalue weighted by Crippen LogP contribution is -2.21. The quantitative estimate of drug-likeness (QED) is 0.730. The molecule has 0 heterocycles. The van der Waals surface area contributed by atoms with Gasteiger partial charge in [-0.15, -0.1) is 0 Å².